The zero-order valence-corrected chi connectivity index (χ0v) is 14.8. The van der Waals surface area contributed by atoms with Gasteiger partial charge in [-0.2, -0.15) is 0 Å². The Hall–Kier alpha value is -2.91. The highest BCUT2D eigenvalue weighted by Gasteiger charge is 2.16. The summed E-state index contributed by atoms with van der Waals surface area (Å²) in [4.78, 5) is 3.42. The molecule has 1 heterocycles. The molecule has 0 aliphatic heterocycles. The van der Waals surface area contributed by atoms with Crippen LogP contribution in [0.25, 0.3) is 28.2 Å². The first-order valence-electron chi connectivity index (χ1n) is 8.27. The number of aromatic amines is 1. The van der Waals surface area contributed by atoms with Gasteiger partial charge in [0.25, 0.3) is 0 Å². The van der Waals surface area contributed by atoms with E-state index >= 15 is 0 Å². The number of rotatable bonds is 3. The Morgan fingerprint density at radius 1 is 0.720 bits per heavy atom. The normalized spacial score (nSPS) is 10.8. The van der Waals surface area contributed by atoms with E-state index < -0.39 is 0 Å². The summed E-state index contributed by atoms with van der Waals surface area (Å²) in [5, 5.41) is 0. The summed E-state index contributed by atoms with van der Waals surface area (Å²) in [7, 11) is 0. The average Bonchev–Trinajstić information content (AvgIpc) is 3.01. The van der Waals surface area contributed by atoms with Gasteiger partial charge in [0.05, 0.1) is 11.4 Å². The zero-order chi connectivity index (χ0) is 17.2. The maximum absolute atomic E-state index is 5.68. The van der Waals surface area contributed by atoms with Crippen molar-refractivity contribution in [1.29, 1.82) is 0 Å². The molecule has 0 atom stereocenters. The SMILES string of the molecule is Cc1ccc(-n2c(-c3ccccc3)c(-c3ccccc3)[nH]c2=S)cc1. The molecule has 3 aromatic carbocycles. The fourth-order valence-corrected chi connectivity index (χ4v) is 3.36. The lowest BCUT2D eigenvalue weighted by molar-refractivity contribution is 1.04. The van der Waals surface area contributed by atoms with Crippen molar-refractivity contribution >= 4 is 12.2 Å². The van der Waals surface area contributed by atoms with Gasteiger partial charge in [0, 0.05) is 16.8 Å². The molecule has 1 N–H and O–H groups in total. The molecule has 0 spiro atoms. The molecule has 0 amide bonds. The van der Waals surface area contributed by atoms with E-state index in [1.807, 2.05) is 24.3 Å². The summed E-state index contributed by atoms with van der Waals surface area (Å²) < 4.78 is 2.81. The van der Waals surface area contributed by atoms with Crippen molar-refractivity contribution in [3.63, 3.8) is 0 Å². The average molecular weight is 342 g/mol. The first-order chi connectivity index (χ1) is 12.2. The van der Waals surface area contributed by atoms with E-state index in [-0.39, 0.29) is 0 Å². The molecule has 0 radical (unpaired) electrons. The van der Waals surface area contributed by atoms with Gasteiger partial charge in [-0.15, -0.1) is 0 Å². The summed E-state index contributed by atoms with van der Waals surface area (Å²) in [6.07, 6.45) is 0. The number of hydrogen-bond acceptors (Lipinski definition) is 1. The van der Waals surface area contributed by atoms with Crippen molar-refractivity contribution in [3.8, 4) is 28.2 Å². The van der Waals surface area contributed by atoms with Crippen LogP contribution >= 0.6 is 12.2 Å². The summed E-state index contributed by atoms with van der Waals surface area (Å²) in [6.45, 7) is 2.09. The number of hydrogen-bond donors (Lipinski definition) is 1. The number of imidazole rings is 1. The molecule has 25 heavy (non-hydrogen) atoms. The predicted molar refractivity (Wildman–Crippen MR) is 107 cm³/mol. The molecule has 2 nitrogen and oxygen atoms in total. The number of benzene rings is 3. The van der Waals surface area contributed by atoms with E-state index in [0.717, 1.165) is 28.2 Å². The molecule has 0 bridgehead atoms. The second kappa shape index (κ2) is 6.54. The highest BCUT2D eigenvalue weighted by Crippen LogP contribution is 2.33. The summed E-state index contributed by atoms with van der Waals surface area (Å²) in [6, 6.07) is 29.2. The van der Waals surface area contributed by atoms with Crippen LogP contribution in [0, 0.1) is 11.7 Å². The Morgan fingerprint density at radius 3 is 1.88 bits per heavy atom. The van der Waals surface area contributed by atoms with Crippen LogP contribution in [-0.4, -0.2) is 9.55 Å². The van der Waals surface area contributed by atoms with E-state index in [9.17, 15) is 0 Å². The van der Waals surface area contributed by atoms with Gasteiger partial charge in [-0.05, 0) is 31.3 Å². The molecule has 4 aromatic rings. The monoisotopic (exact) mass is 342 g/mol. The fourth-order valence-electron chi connectivity index (χ4n) is 3.06. The van der Waals surface area contributed by atoms with Gasteiger partial charge in [-0.3, -0.25) is 4.57 Å². The molecule has 0 fully saturated rings. The lowest BCUT2D eigenvalue weighted by Gasteiger charge is -2.11. The third-order valence-electron chi connectivity index (χ3n) is 4.30. The molecular weight excluding hydrogens is 324 g/mol. The number of aromatic nitrogens is 2. The Kier molecular flexibility index (Phi) is 4.08. The quantitative estimate of drug-likeness (QED) is 0.441. The highest BCUT2D eigenvalue weighted by atomic mass is 32.1. The number of aryl methyl sites for hydroxylation is 1. The van der Waals surface area contributed by atoms with Crippen LogP contribution in [0.3, 0.4) is 0 Å². The van der Waals surface area contributed by atoms with Crippen molar-refractivity contribution in [1.82, 2.24) is 9.55 Å². The lowest BCUT2D eigenvalue weighted by atomic mass is 10.0. The van der Waals surface area contributed by atoms with E-state index in [2.05, 4.69) is 77.1 Å². The van der Waals surface area contributed by atoms with Crippen LogP contribution in [0.1, 0.15) is 5.56 Å². The molecular formula is C22H18N2S. The molecule has 0 aliphatic rings. The van der Waals surface area contributed by atoms with Crippen molar-refractivity contribution < 1.29 is 0 Å². The fraction of sp³-hybridized carbons (Fsp3) is 0.0455. The zero-order valence-electron chi connectivity index (χ0n) is 13.9. The van der Waals surface area contributed by atoms with Crippen molar-refractivity contribution in [2.24, 2.45) is 0 Å². The Balaban J connectivity index is 2.03. The Bertz CT molecular complexity index is 1040. The molecule has 4 rings (SSSR count). The Labute approximate surface area is 152 Å². The third-order valence-corrected chi connectivity index (χ3v) is 4.58. The van der Waals surface area contributed by atoms with Gasteiger partial charge >= 0.3 is 0 Å². The van der Waals surface area contributed by atoms with Crippen LogP contribution in [0.15, 0.2) is 84.9 Å². The molecule has 0 aliphatic carbocycles. The largest absolute Gasteiger partial charge is 0.330 e. The van der Waals surface area contributed by atoms with Crippen LogP contribution < -0.4 is 0 Å². The third kappa shape index (κ3) is 2.94. The molecule has 0 unspecified atom stereocenters. The topological polar surface area (TPSA) is 20.7 Å². The highest BCUT2D eigenvalue weighted by molar-refractivity contribution is 7.71. The van der Waals surface area contributed by atoms with Gasteiger partial charge in [0.1, 0.15) is 0 Å². The summed E-state index contributed by atoms with van der Waals surface area (Å²) in [5.74, 6) is 0. The van der Waals surface area contributed by atoms with Gasteiger partial charge in [-0.1, -0.05) is 78.4 Å². The van der Waals surface area contributed by atoms with Crippen molar-refractivity contribution in [2.45, 2.75) is 6.92 Å². The lowest BCUT2D eigenvalue weighted by Crippen LogP contribution is -1.97. The van der Waals surface area contributed by atoms with Crippen molar-refractivity contribution in [3.05, 3.63) is 95.3 Å². The van der Waals surface area contributed by atoms with E-state index in [4.69, 9.17) is 12.2 Å². The minimum absolute atomic E-state index is 0.696. The second-order valence-electron chi connectivity index (χ2n) is 6.06. The minimum atomic E-state index is 0.696. The first kappa shape index (κ1) is 15.6. The summed E-state index contributed by atoms with van der Waals surface area (Å²) in [5.41, 5.74) is 6.67. The van der Waals surface area contributed by atoms with E-state index in [0.29, 0.717) is 4.77 Å². The van der Waals surface area contributed by atoms with Crippen molar-refractivity contribution in [2.75, 3.05) is 0 Å². The number of nitrogens with zero attached hydrogens (tertiary/aromatic N) is 1. The Morgan fingerprint density at radius 2 is 1.28 bits per heavy atom. The number of nitrogens with one attached hydrogen (secondary N) is 1. The first-order valence-corrected chi connectivity index (χ1v) is 8.68. The maximum atomic E-state index is 5.68. The van der Waals surface area contributed by atoms with Crippen LogP contribution in [0.5, 0.6) is 0 Å². The molecule has 122 valence electrons. The molecule has 0 saturated carbocycles. The van der Waals surface area contributed by atoms with Gasteiger partial charge in [-0.25, -0.2) is 0 Å². The minimum Gasteiger partial charge on any atom is -0.330 e. The van der Waals surface area contributed by atoms with Crippen LogP contribution in [-0.2, 0) is 0 Å². The molecule has 3 heteroatoms. The van der Waals surface area contributed by atoms with E-state index in [1.165, 1.54) is 5.56 Å². The van der Waals surface area contributed by atoms with Gasteiger partial charge < -0.3 is 4.98 Å². The standard InChI is InChI=1S/C22H18N2S/c1-16-12-14-19(15-13-16)24-21(18-10-6-3-7-11-18)20(23-22(24)25)17-8-4-2-5-9-17/h2-15H,1H3,(H,23,25). The maximum Gasteiger partial charge on any atom is 0.182 e. The van der Waals surface area contributed by atoms with Gasteiger partial charge in [0.2, 0.25) is 0 Å². The predicted octanol–water partition coefficient (Wildman–Crippen LogP) is 6.18. The molecule has 0 saturated heterocycles. The smallest absolute Gasteiger partial charge is 0.182 e. The molecule has 1 aromatic heterocycles. The van der Waals surface area contributed by atoms with Crippen LogP contribution in [0.2, 0.25) is 0 Å². The van der Waals surface area contributed by atoms with Gasteiger partial charge in [0.15, 0.2) is 4.77 Å². The number of H-pyrrole nitrogens is 1. The van der Waals surface area contributed by atoms with Crippen LogP contribution in [0.4, 0.5) is 0 Å². The summed E-state index contributed by atoms with van der Waals surface area (Å²) >= 11 is 5.68. The second-order valence-corrected chi connectivity index (χ2v) is 6.44. The van der Waals surface area contributed by atoms with E-state index in [1.54, 1.807) is 0 Å².